The zero-order valence-corrected chi connectivity index (χ0v) is 17.4. The number of aromatic nitrogens is 2. The molecule has 0 spiro atoms. The molecule has 2 heterocycles. The lowest BCUT2D eigenvalue weighted by molar-refractivity contribution is -0.0528. The summed E-state index contributed by atoms with van der Waals surface area (Å²) in [5, 5.41) is 10.5. The summed E-state index contributed by atoms with van der Waals surface area (Å²) in [5.74, 6) is -1.19. The minimum absolute atomic E-state index is 0.0342. The van der Waals surface area contributed by atoms with Crippen molar-refractivity contribution in [1.82, 2.24) is 9.97 Å². The smallest absolute Gasteiger partial charge is 0.388 e. The van der Waals surface area contributed by atoms with Gasteiger partial charge in [0, 0.05) is 41.7 Å². The normalized spacial score (nSPS) is 12.1. The maximum Gasteiger partial charge on any atom is 0.388 e. The highest BCUT2D eigenvalue weighted by Gasteiger charge is 2.22. The number of alkyl halides is 4. The van der Waals surface area contributed by atoms with Gasteiger partial charge in [0.1, 0.15) is 16.4 Å². The molecular weight excluding hydrogens is 439 g/mol. The van der Waals surface area contributed by atoms with E-state index in [0.717, 1.165) is 12.3 Å². The molecule has 0 aliphatic carbocycles. The van der Waals surface area contributed by atoms with Crippen LogP contribution in [0.25, 0.3) is 11.1 Å². The van der Waals surface area contributed by atoms with Gasteiger partial charge in [0.25, 0.3) is 0 Å². The molecule has 0 radical (unpaired) electrons. The first-order chi connectivity index (χ1) is 14.5. The monoisotopic (exact) mass is 458 g/mol. The van der Waals surface area contributed by atoms with E-state index in [0.29, 0.717) is 9.88 Å². The summed E-state index contributed by atoms with van der Waals surface area (Å²) in [6.45, 7) is 0.0297. The molecule has 3 rings (SSSR count). The van der Waals surface area contributed by atoms with Gasteiger partial charge in [0.2, 0.25) is 12.3 Å². The summed E-state index contributed by atoms with van der Waals surface area (Å²) in [6.07, 6.45) is -0.649. The fourth-order valence-electron chi connectivity index (χ4n) is 3.02. The molecule has 0 saturated carbocycles. The fourth-order valence-corrected chi connectivity index (χ4v) is 3.96. The highest BCUT2D eigenvalue weighted by atomic mass is 32.1. The van der Waals surface area contributed by atoms with E-state index < -0.39 is 36.8 Å². The molecule has 166 valence electrons. The molecule has 0 amide bonds. The zero-order chi connectivity index (χ0) is 22.8. The number of hydrogen-bond acceptors (Lipinski definition) is 5. The van der Waals surface area contributed by atoms with Gasteiger partial charge in [-0.2, -0.15) is 8.78 Å². The van der Waals surface area contributed by atoms with Crippen molar-refractivity contribution < 1.29 is 31.8 Å². The largest absolute Gasteiger partial charge is 0.417 e. The van der Waals surface area contributed by atoms with Gasteiger partial charge in [-0.1, -0.05) is 12.1 Å². The lowest BCUT2D eigenvalue weighted by Gasteiger charge is -2.15. The minimum atomic E-state index is -3.13. The quantitative estimate of drug-likeness (QED) is 0.449. The molecule has 0 aliphatic heterocycles. The third-order valence-corrected chi connectivity index (χ3v) is 5.67. The van der Waals surface area contributed by atoms with Crippen LogP contribution in [0.4, 0.5) is 22.0 Å². The maximum atomic E-state index is 15.5. The van der Waals surface area contributed by atoms with E-state index >= 15 is 4.39 Å². The van der Waals surface area contributed by atoms with Crippen LogP contribution in [0.5, 0.6) is 5.88 Å². The maximum absolute atomic E-state index is 15.5. The number of halogens is 5. The second kappa shape index (κ2) is 9.27. The number of nitrogens with zero attached hydrogens (tertiary/aromatic N) is 2. The Bertz CT molecular complexity index is 1050. The Labute approximate surface area is 179 Å². The Morgan fingerprint density at radius 3 is 2.42 bits per heavy atom. The van der Waals surface area contributed by atoms with E-state index in [4.69, 9.17) is 0 Å². The summed E-state index contributed by atoms with van der Waals surface area (Å²) < 4.78 is 70.9. The van der Waals surface area contributed by atoms with Gasteiger partial charge in [0.05, 0.1) is 0 Å². The SMILES string of the molecule is CC(C)(O)c1ncc(Cc2ccc(CC(F)F)c(-c3ccnc(OC(F)F)c3)c2F)s1. The first-order valence-corrected chi connectivity index (χ1v) is 10.0. The molecule has 31 heavy (non-hydrogen) atoms. The molecule has 0 fully saturated rings. The van der Waals surface area contributed by atoms with Crippen LogP contribution in [0.3, 0.4) is 0 Å². The molecule has 2 aromatic heterocycles. The van der Waals surface area contributed by atoms with Gasteiger partial charge in [-0.05, 0) is 36.6 Å². The predicted molar refractivity (Wildman–Crippen MR) is 106 cm³/mol. The average Bonchev–Trinajstić information content (AvgIpc) is 3.12. The van der Waals surface area contributed by atoms with Gasteiger partial charge in [-0.3, -0.25) is 0 Å². The van der Waals surface area contributed by atoms with Gasteiger partial charge < -0.3 is 9.84 Å². The average molecular weight is 458 g/mol. The number of thiazole rings is 1. The standard InChI is InChI=1S/C21H19F5N2O2S/c1-21(2,29)19-28-10-14(31-19)7-13-4-3-11(8-15(22)23)17(18(13)24)12-5-6-27-16(9-12)30-20(25)26/h3-6,9-10,15,20,29H,7-8H2,1-2H3. The van der Waals surface area contributed by atoms with Crippen LogP contribution >= 0.6 is 11.3 Å². The van der Waals surface area contributed by atoms with Gasteiger partial charge in [0.15, 0.2) is 0 Å². The van der Waals surface area contributed by atoms with Crippen LogP contribution in [-0.2, 0) is 18.4 Å². The highest BCUT2D eigenvalue weighted by Crippen LogP contribution is 2.34. The van der Waals surface area contributed by atoms with Crippen molar-refractivity contribution in [3.63, 3.8) is 0 Å². The van der Waals surface area contributed by atoms with Crippen molar-refractivity contribution in [2.45, 2.75) is 45.3 Å². The first kappa shape index (κ1) is 23.1. The molecule has 3 aromatic rings. The van der Waals surface area contributed by atoms with Crippen LogP contribution in [0, 0.1) is 5.82 Å². The van der Waals surface area contributed by atoms with Gasteiger partial charge >= 0.3 is 6.61 Å². The van der Waals surface area contributed by atoms with Crippen molar-refractivity contribution in [3.05, 3.63) is 63.5 Å². The van der Waals surface area contributed by atoms with E-state index in [1.165, 1.54) is 35.7 Å². The highest BCUT2D eigenvalue weighted by molar-refractivity contribution is 7.11. The summed E-state index contributed by atoms with van der Waals surface area (Å²) in [7, 11) is 0. The Morgan fingerprint density at radius 1 is 1.10 bits per heavy atom. The molecule has 0 atom stereocenters. The van der Waals surface area contributed by atoms with Crippen molar-refractivity contribution in [2.75, 3.05) is 0 Å². The van der Waals surface area contributed by atoms with Crippen LogP contribution < -0.4 is 4.74 Å². The fraction of sp³-hybridized carbons (Fsp3) is 0.333. The molecule has 1 aromatic carbocycles. The molecule has 1 N–H and O–H groups in total. The number of aliphatic hydroxyl groups is 1. The molecule has 4 nitrogen and oxygen atoms in total. The summed E-state index contributed by atoms with van der Waals surface area (Å²) in [6, 6.07) is 5.24. The first-order valence-electron chi connectivity index (χ1n) is 9.21. The van der Waals surface area contributed by atoms with E-state index in [1.54, 1.807) is 13.8 Å². The second-order valence-electron chi connectivity index (χ2n) is 7.30. The third kappa shape index (κ3) is 5.76. The van der Waals surface area contributed by atoms with Crippen molar-refractivity contribution in [2.24, 2.45) is 0 Å². The van der Waals surface area contributed by atoms with E-state index in [-0.39, 0.29) is 28.7 Å². The van der Waals surface area contributed by atoms with E-state index in [1.807, 2.05) is 0 Å². The topological polar surface area (TPSA) is 55.2 Å². The Hall–Kier alpha value is -2.59. The molecule has 10 heteroatoms. The Kier molecular flexibility index (Phi) is 6.90. The molecule has 0 unspecified atom stereocenters. The van der Waals surface area contributed by atoms with Crippen LogP contribution in [0.2, 0.25) is 0 Å². The van der Waals surface area contributed by atoms with Crippen molar-refractivity contribution in [1.29, 1.82) is 0 Å². The predicted octanol–water partition coefficient (Wildman–Crippen LogP) is 5.57. The van der Waals surface area contributed by atoms with E-state index in [9.17, 15) is 22.7 Å². The lowest BCUT2D eigenvalue weighted by atomic mass is 9.94. The number of pyridine rings is 1. The second-order valence-corrected chi connectivity index (χ2v) is 8.41. The van der Waals surface area contributed by atoms with Crippen molar-refractivity contribution >= 4 is 11.3 Å². The lowest BCUT2D eigenvalue weighted by Crippen LogP contribution is -2.14. The van der Waals surface area contributed by atoms with E-state index in [2.05, 4.69) is 14.7 Å². The molecule has 0 saturated heterocycles. The Morgan fingerprint density at radius 2 is 1.81 bits per heavy atom. The zero-order valence-electron chi connectivity index (χ0n) is 16.6. The number of ether oxygens (including phenoxy) is 1. The molecule has 0 aliphatic rings. The van der Waals surface area contributed by atoms with Crippen LogP contribution in [0.1, 0.15) is 34.9 Å². The van der Waals surface area contributed by atoms with Crippen LogP contribution in [0.15, 0.2) is 36.7 Å². The summed E-state index contributed by atoms with van der Waals surface area (Å²) in [5.41, 5.74) is -0.918. The Balaban J connectivity index is 2.03. The third-order valence-electron chi connectivity index (χ3n) is 4.36. The number of benzene rings is 1. The van der Waals surface area contributed by atoms with Gasteiger partial charge in [-0.15, -0.1) is 11.3 Å². The van der Waals surface area contributed by atoms with Crippen LogP contribution in [-0.4, -0.2) is 28.1 Å². The molecular formula is C21H19F5N2O2S. The summed E-state index contributed by atoms with van der Waals surface area (Å²) in [4.78, 5) is 8.45. The minimum Gasteiger partial charge on any atom is -0.417 e. The van der Waals surface area contributed by atoms with Gasteiger partial charge in [-0.25, -0.2) is 23.1 Å². The molecule has 0 bridgehead atoms. The number of rotatable bonds is 8. The number of hydrogen-bond donors (Lipinski definition) is 1. The summed E-state index contributed by atoms with van der Waals surface area (Å²) >= 11 is 1.21. The van der Waals surface area contributed by atoms with Crippen molar-refractivity contribution in [3.8, 4) is 17.0 Å².